The second-order valence-electron chi connectivity index (χ2n) is 7.62. The van der Waals surface area contributed by atoms with Gasteiger partial charge >= 0.3 is 0 Å². The summed E-state index contributed by atoms with van der Waals surface area (Å²) < 4.78 is 29.6. The van der Waals surface area contributed by atoms with Crippen LogP contribution in [0.4, 0.5) is 5.69 Å². The van der Waals surface area contributed by atoms with Gasteiger partial charge in [-0.3, -0.25) is 9.36 Å². The van der Waals surface area contributed by atoms with E-state index in [1.165, 1.54) is 4.31 Å². The van der Waals surface area contributed by atoms with Crippen LogP contribution in [0.3, 0.4) is 0 Å². The van der Waals surface area contributed by atoms with E-state index in [9.17, 15) is 13.2 Å². The average Bonchev–Trinajstić information content (AvgIpc) is 2.76. The van der Waals surface area contributed by atoms with E-state index in [1.807, 2.05) is 0 Å². The highest BCUT2D eigenvalue weighted by molar-refractivity contribution is 9.10. The van der Waals surface area contributed by atoms with Crippen LogP contribution in [0.25, 0.3) is 10.9 Å². The summed E-state index contributed by atoms with van der Waals surface area (Å²) in [5.41, 5.74) is 6.85. The lowest BCUT2D eigenvalue weighted by atomic mass is 10.2. The van der Waals surface area contributed by atoms with Crippen molar-refractivity contribution in [1.82, 2.24) is 18.8 Å². The molecule has 2 N–H and O–H groups in total. The fourth-order valence-electron chi connectivity index (χ4n) is 3.77. The predicted octanol–water partition coefficient (Wildman–Crippen LogP) is 1.83. The molecule has 10 heteroatoms. The van der Waals surface area contributed by atoms with Gasteiger partial charge < -0.3 is 10.6 Å². The molecule has 0 atom stereocenters. The lowest BCUT2D eigenvalue weighted by Crippen LogP contribution is -2.49. The maximum Gasteiger partial charge on any atom is 0.261 e. The van der Waals surface area contributed by atoms with E-state index in [0.29, 0.717) is 66.5 Å². The van der Waals surface area contributed by atoms with Crippen molar-refractivity contribution in [3.05, 3.63) is 63.1 Å². The maximum atomic E-state index is 12.9. The first kappa shape index (κ1) is 21.9. The molecule has 1 saturated heterocycles. The van der Waals surface area contributed by atoms with E-state index < -0.39 is 10.0 Å². The number of benzene rings is 2. The summed E-state index contributed by atoms with van der Waals surface area (Å²) in [6.45, 7) is 2.83. The molecule has 31 heavy (non-hydrogen) atoms. The molecule has 8 nitrogen and oxygen atoms in total. The van der Waals surface area contributed by atoms with Crippen LogP contribution in [0.15, 0.2) is 56.6 Å². The lowest BCUT2D eigenvalue weighted by Gasteiger charge is -2.34. The molecule has 164 valence electrons. The number of hydrogen-bond acceptors (Lipinski definition) is 6. The molecule has 1 aliphatic rings. The summed E-state index contributed by atoms with van der Waals surface area (Å²) in [5, 5.41) is 0.512. The third-order valence-corrected chi connectivity index (χ3v) is 8.07. The minimum Gasteiger partial charge on any atom is -0.399 e. The number of rotatable bonds is 5. The molecule has 2 aromatic carbocycles. The molecule has 0 saturated carbocycles. The zero-order valence-electron chi connectivity index (χ0n) is 17.2. The molecule has 0 bridgehead atoms. The van der Waals surface area contributed by atoms with Crippen molar-refractivity contribution in [3.8, 4) is 0 Å². The van der Waals surface area contributed by atoms with Crippen LogP contribution in [0.2, 0.25) is 0 Å². The van der Waals surface area contributed by atoms with E-state index in [2.05, 4.69) is 25.8 Å². The molecule has 4 rings (SSSR count). The Bertz CT molecular complexity index is 1270. The van der Waals surface area contributed by atoms with Gasteiger partial charge in [-0.05, 0) is 42.5 Å². The van der Waals surface area contributed by atoms with Crippen molar-refractivity contribution in [2.75, 3.05) is 38.5 Å². The predicted molar refractivity (Wildman–Crippen MR) is 124 cm³/mol. The summed E-state index contributed by atoms with van der Waals surface area (Å²) in [6.07, 6.45) is 0.603. The third kappa shape index (κ3) is 4.52. The summed E-state index contributed by atoms with van der Waals surface area (Å²) in [7, 11) is -1.77. The molecule has 1 aromatic heterocycles. The first-order valence-corrected chi connectivity index (χ1v) is 12.2. The van der Waals surface area contributed by atoms with E-state index in [0.717, 1.165) is 4.47 Å². The van der Waals surface area contributed by atoms with Crippen molar-refractivity contribution in [3.63, 3.8) is 0 Å². The van der Waals surface area contributed by atoms with Gasteiger partial charge in [-0.1, -0.05) is 15.9 Å². The van der Waals surface area contributed by atoms with Gasteiger partial charge in [0.05, 0.1) is 15.8 Å². The molecule has 0 amide bonds. The summed E-state index contributed by atoms with van der Waals surface area (Å²) in [6, 6.07) is 11.9. The van der Waals surface area contributed by atoms with Crippen molar-refractivity contribution >= 4 is 42.5 Å². The fourth-order valence-corrected chi connectivity index (χ4v) is 5.45. The molecule has 0 spiro atoms. The van der Waals surface area contributed by atoms with Gasteiger partial charge in [0.25, 0.3) is 5.56 Å². The van der Waals surface area contributed by atoms with Crippen molar-refractivity contribution < 1.29 is 8.42 Å². The molecule has 3 aromatic rings. The number of sulfonamides is 1. The second kappa shape index (κ2) is 8.70. The Kier molecular flexibility index (Phi) is 6.16. The Morgan fingerprint density at radius 3 is 2.42 bits per heavy atom. The fraction of sp³-hybridized carbons (Fsp3) is 0.333. The number of nitrogens with zero attached hydrogens (tertiary/aromatic N) is 4. The van der Waals surface area contributed by atoms with Crippen molar-refractivity contribution in [1.29, 1.82) is 0 Å². The van der Waals surface area contributed by atoms with E-state index in [4.69, 9.17) is 5.73 Å². The van der Waals surface area contributed by atoms with Gasteiger partial charge in [0.1, 0.15) is 5.82 Å². The summed E-state index contributed by atoms with van der Waals surface area (Å²) in [5.74, 6) is 0.701. The monoisotopic (exact) mass is 505 g/mol. The van der Waals surface area contributed by atoms with Gasteiger partial charge in [0.15, 0.2) is 0 Å². The van der Waals surface area contributed by atoms with Crippen LogP contribution in [-0.4, -0.2) is 59.9 Å². The standard InChI is InChI=1S/C21H24BrN5O3S/c1-25-20(24-19-7-4-16(23)14-18(19)21(25)28)8-9-26-10-12-27(13-11-26)31(29,30)17-5-2-15(22)3-6-17/h2-7,14H,8-13,23H2,1H3. The van der Waals surface area contributed by atoms with Gasteiger partial charge in [-0.2, -0.15) is 4.31 Å². The van der Waals surface area contributed by atoms with Crippen LogP contribution in [0.5, 0.6) is 0 Å². The Labute approximate surface area is 189 Å². The van der Waals surface area contributed by atoms with Crippen LogP contribution in [0.1, 0.15) is 5.82 Å². The summed E-state index contributed by atoms with van der Waals surface area (Å²) in [4.78, 5) is 19.8. The number of aromatic nitrogens is 2. The Balaban J connectivity index is 1.41. The zero-order chi connectivity index (χ0) is 22.2. The molecule has 1 aliphatic heterocycles. The number of anilines is 1. The molecule has 0 unspecified atom stereocenters. The molecule has 2 heterocycles. The Morgan fingerprint density at radius 2 is 1.74 bits per heavy atom. The zero-order valence-corrected chi connectivity index (χ0v) is 19.6. The third-order valence-electron chi connectivity index (χ3n) is 5.63. The van der Waals surface area contributed by atoms with Crippen LogP contribution >= 0.6 is 15.9 Å². The highest BCUT2D eigenvalue weighted by Crippen LogP contribution is 2.20. The molecule has 0 aliphatic carbocycles. The SMILES string of the molecule is Cn1c(CCN2CCN(S(=O)(=O)c3ccc(Br)cc3)CC2)nc2ccc(N)cc2c1=O. The van der Waals surface area contributed by atoms with Crippen molar-refractivity contribution in [2.45, 2.75) is 11.3 Å². The van der Waals surface area contributed by atoms with Crippen LogP contribution in [-0.2, 0) is 23.5 Å². The summed E-state index contributed by atoms with van der Waals surface area (Å²) >= 11 is 3.33. The Hall–Kier alpha value is -2.27. The van der Waals surface area contributed by atoms with Gasteiger partial charge in [-0.25, -0.2) is 13.4 Å². The quantitative estimate of drug-likeness (QED) is 0.530. The van der Waals surface area contributed by atoms with Gasteiger partial charge in [0, 0.05) is 56.4 Å². The second-order valence-corrected chi connectivity index (χ2v) is 10.5. The van der Waals surface area contributed by atoms with Crippen LogP contribution < -0.4 is 11.3 Å². The molecular formula is C21H24BrN5O3S. The lowest BCUT2D eigenvalue weighted by molar-refractivity contribution is 0.189. The minimum absolute atomic E-state index is 0.113. The average molecular weight is 506 g/mol. The molecular weight excluding hydrogens is 482 g/mol. The first-order chi connectivity index (χ1) is 14.8. The number of fused-ring (bicyclic) bond motifs is 1. The van der Waals surface area contributed by atoms with E-state index >= 15 is 0 Å². The van der Waals surface area contributed by atoms with Crippen LogP contribution in [0, 0.1) is 0 Å². The smallest absolute Gasteiger partial charge is 0.261 e. The number of halogens is 1. The largest absolute Gasteiger partial charge is 0.399 e. The van der Waals surface area contributed by atoms with E-state index in [-0.39, 0.29) is 5.56 Å². The minimum atomic E-state index is -3.49. The number of piperazine rings is 1. The van der Waals surface area contributed by atoms with Crippen molar-refractivity contribution in [2.24, 2.45) is 7.05 Å². The number of nitrogens with two attached hydrogens (primary N) is 1. The van der Waals surface area contributed by atoms with Gasteiger partial charge in [-0.15, -0.1) is 0 Å². The van der Waals surface area contributed by atoms with Gasteiger partial charge in [0.2, 0.25) is 10.0 Å². The highest BCUT2D eigenvalue weighted by Gasteiger charge is 2.28. The topological polar surface area (TPSA) is 102 Å². The molecule has 1 fully saturated rings. The highest BCUT2D eigenvalue weighted by atomic mass is 79.9. The van der Waals surface area contributed by atoms with E-state index in [1.54, 1.807) is 54.1 Å². The maximum absolute atomic E-state index is 12.9. The molecule has 0 radical (unpaired) electrons. The number of hydrogen-bond donors (Lipinski definition) is 1. The first-order valence-electron chi connectivity index (χ1n) is 9.99. The normalized spacial score (nSPS) is 16.1. The Morgan fingerprint density at radius 1 is 1.06 bits per heavy atom. The number of nitrogen functional groups attached to an aromatic ring is 1.